The Hall–Kier alpha value is -2.89. The molecule has 2 aromatic rings. The maximum Gasteiger partial charge on any atom is 0.251 e. The van der Waals surface area contributed by atoms with E-state index < -0.39 is 0 Å². The van der Waals surface area contributed by atoms with Crippen LogP contribution in [0.1, 0.15) is 22.8 Å². The molecule has 6 heteroatoms. The Morgan fingerprint density at radius 2 is 1.65 bits per heavy atom. The van der Waals surface area contributed by atoms with Crippen molar-refractivity contribution in [3.8, 4) is 0 Å². The van der Waals surface area contributed by atoms with E-state index in [0.29, 0.717) is 31.2 Å². The summed E-state index contributed by atoms with van der Waals surface area (Å²) in [6, 6.07) is 15.6. The number of guanidine groups is 1. The molecule has 1 amide bonds. The highest BCUT2D eigenvalue weighted by atomic mass is 19.1. The van der Waals surface area contributed by atoms with Gasteiger partial charge in [0.05, 0.1) is 0 Å². The third kappa shape index (κ3) is 6.93. The largest absolute Gasteiger partial charge is 0.357 e. The number of halogens is 1. The fourth-order valence-corrected chi connectivity index (χ4v) is 2.34. The minimum absolute atomic E-state index is 0.0920. The molecule has 0 bridgehead atoms. The third-order valence-corrected chi connectivity index (χ3v) is 3.67. The van der Waals surface area contributed by atoms with E-state index in [0.717, 1.165) is 18.5 Å². The first kappa shape index (κ1) is 19.4. The van der Waals surface area contributed by atoms with Crippen molar-refractivity contribution in [3.63, 3.8) is 0 Å². The lowest BCUT2D eigenvalue weighted by Gasteiger charge is -2.12. The van der Waals surface area contributed by atoms with Gasteiger partial charge in [0.25, 0.3) is 5.91 Å². The van der Waals surface area contributed by atoms with Crippen molar-refractivity contribution in [1.82, 2.24) is 16.0 Å². The molecule has 2 rings (SSSR count). The van der Waals surface area contributed by atoms with E-state index in [2.05, 4.69) is 20.9 Å². The van der Waals surface area contributed by atoms with Gasteiger partial charge in [0.2, 0.25) is 0 Å². The Labute approximate surface area is 153 Å². The van der Waals surface area contributed by atoms with Crippen molar-refractivity contribution in [1.29, 1.82) is 0 Å². The van der Waals surface area contributed by atoms with Crippen LogP contribution in [-0.2, 0) is 6.42 Å². The lowest BCUT2D eigenvalue weighted by Crippen LogP contribution is -2.41. The third-order valence-electron chi connectivity index (χ3n) is 3.67. The smallest absolute Gasteiger partial charge is 0.251 e. The standard InChI is InChI=1S/C20H25FN4O/c1-2-22-20(24-13-12-16-8-10-18(21)11-9-16)25-15-14-23-19(26)17-6-4-3-5-7-17/h3-11H,2,12-15H2,1H3,(H,23,26)(H2,22,24,25). The molecule has 2 aromatic carbocycles. The molecule has 5 nitrogen and oxygen atoms in total. The molecule has 0 aliphatic carbocycles. The molecule has 0 atom stereocenters. The predicted molar refractivity (Wildman–Crippen MR) is 103 cm³/mol. The van der Waals surface area contributed by atoms with Crippen LogP contribution in [0.3, 0.4) is 0 Å². The zero-order chi connectivity index (χ0) is 18.6. The van der Waals surface area contributed by atoms with Gasteiger partial charge in [-0.1, -0.05) is 30.3 Å². The van der Waals surface area contributed by atoms with Gasteiger partial charge in [-0.2, -0.15) is 0 Å². The number of rotatable bonds is 8. The Kier molecular flexibility index (Phi) is 8.12. The van der Waals surface area contributed by atoms with Crippen LogP contribution in [0.25, 0.3) is 0 Å². The van der Waals surface area contributed by atoms with Gasteiger partial charge in [-0.15, -0.1) is 0 Å². The molecule has 0 spiro atoms. The Bertz CT molecular complexity index is 702. The van der Waals surface area contributed by atoms with Crippen LogP contribution in [0.4, 0.5) is 4.39 Å². The number of carbonyl (C=O) groups is 1. The minimum atomic E-state index is -0.232. The highest BCUT2D eigenvalue weighted by Crippen LogP contribution is 2.03. The van der Waals surface area contributed by atoms with Gasteiger partial charge in [0.1, 0.15) is 5.82 Å². The van der Waals surface area contributed by atoms with E-state index in [1.54, 1.807) is 24.3 Å². The molecule has 138 valence electrons. The molecule has 26 heavy (non-hydrogen) atoms. The van der Waals surface area contributed by atoms with E-state index in [-0.39, 0.29) is 11.7 Å². The summed E-state index contributed by atoms with van der Waals surface area (Å²) in [6.45, 7) is 4.40. The summed E-state index contributed by atoms with van der Waals surface area (Å²) in [7, 11) is 0. The summed E-state index contributed by atoms with van der Waals surface area (Å²) in [4.78, 5) is 16.5. The molecule has 3 N–H and O–H groups in total. The van der Waals surface area contributed by atoms with Crippen LogP contribution in [0.15, 0.2) is 59.6 Å². The number of hydrogen-bond acceptors (Lipinski definition) is 2. The van der Waals surface area contributed by atoms with Crippen LogP contribution < -0.4 is 16.0 Å². The van der Waals surface area contributed by atoms with Crippen molar-refractivity contribution in [2.24, 2.45) is 4.99 Å². The summed E-state index contributed by atoms with van der Waals surface area (Å²) in [5.74, 6) is 0.374. The van der Waals surface area contributed by atoms with Crippen LogP contribution in [0.2, 0.25) is 0 Å². The van der Waals surface area contributed by atoms with Crippen LogP contribution in [0.5, 0.6) is 0 Å². The van der Waals surface area contributed by atoms with Gasteiger partial charge in [-0.3, -0.25) is 9.79 Å². The fourth-order valence-electron chi connectivity index (χ4n) is 2.34. The summed E-state index contributed by atoms with van der Waals surface area (Å²) in [6.07, 6.45) is 0.738. The Morgan fingerprint density at radius 3 is 2.35 bits per heavy atom. The highest BCUT2D eigenvalue weighted by molar-refractivity contribution is 5.94. The second kappa shape index (κ2) is 10.9. The summed E-state index contributed by atoms with van der Waals surface area (Å²) < 4.78 is 12.9. The number of carbonyl (C=O) groups excluding carboxylic acids is 1. The molecular weight excluding hydrogens is 331 g/mol. The summed E-state index contributed by atoms with van der Waals surface area (Å²) in [5, 5.41) is 9.21. The van der Waals surface area contributed by atoms with Gasteiger partial charge in [-0.05, 0) is 43.2 Å². The average Bonchev–Trinajstić information content (AvgIpc) is 2.67. The van der Waals surface area contributed by atoms with Crippen LogP contribution in [-0.4, -0.2) is 38.0 Å². The number of hydrogen-bond donors (Lipinski definition) is 3. The first-order valence-corrected chi connectivity index (χ1v) is 8.79. The van der Waals surface area contributed by atoms with E-state index in [1.165, 1.54) is 12.1 Å². The summed E-state index contributed by atoms with van der Waals surface area (Å²) >= 11 is 0. The second-order valence-corrected chi connectivity index (χ2v) is 5.69. The maximum absolute atomic E-state index is 12.9. The Morgan fingerprint density at radius 1 is 0.962 bits per heavy atom. The maximum atomic E-state index is 12.9. The van der Waals surface area contributed by atoms with E-state index in [9.17, 15) is 9.18 Å². The van der Waals surface area contributed by atoms with E-state index in [1.807, 2.05) is 25.1 Å². The monoisotopic (exact) mass is 356 g/mol. The first-order valence-electron chi connectivity index (χ1n) is 8.79. The molecule has 0 aliphatic rings. The van der Waals surface area contributed by atoms with Crippen molar-refractivity contribution in [2.75, 3.05) is 26.2 Å². The lowest BCUT2D eigenvalue weighted by atomic mass is 10.1. The molecule has 0 saturated heterocycles. The van der Waals surface area contributed by atoms with Gasteiger partial charge in [0.15, 0.2) is 5.96 Å². The zero-order valence-electron chi connectivity index (χ0n) is 15.0. The van der Waals surface area contributed by atoms with Gasteiger partial charge in [-0.25, -0.2) is 4.39 Å². The van der Waals surface area contributed by atoms with Gasteiger partial charge in [0, 0.05) is 31.7 Å². The lowest BCUT2D eigenvalue weighted by molar-refractivity contribution is 0.0954. The number of nitrogens with zero attached hydrogens (tertiary/aromatic N) is 1. The molecule has 0 fully saturated rings. The highest BCUT2D eigenvalue weighted by Gasteiger charge is 2.03. The predicted octanol–water partition coefficient (Wildman–Crippen LogP) is 2.35. The van der Waals surface area contributed by atoms with Crippen LogP contribution in [0, 0.1) is 5.82 Å². The van der Waals surface area contributed by atoms with Crippen molar-refractivity contribution in [3.05, 3.63) is 71.5 Å². The number of nitrogens with one attached hydrogen (secondary N) is 3. The van der Waals surface area contributed by atoms with Gasteiger partial charge >= 0.3 is 0 Å². The number of amides is 1. The zero-order valence-corrected chi connectivity index (χ0v) is 15.0. The normalized spacial score (nSPS) is 11.1. The van der Waals surface area contributed by atoms with Crippen LogP contribution >= 0.6 is 0 Å². The topological polar surface area (TPSA) is 65.5 Å². The number of aliphatic imine (C=N–C) groups is 1. The molecular formula is C20H25FN4O. The minimum Gasteiger partial charge on any atom is -0.357 e. The SMILES string of the molecule is CCNC(=NCCc1ccc(F)cc1)NCCNC(=O)c1ccccc1. The number of benzene rings is 2. The second-order valence-electron chi connectivity index (χ2n) is 5.69. The quantitative estimate of drug-likeness (QED) is 0.386. The van der Waals surface area contributed by atoms with Gasteiger partial charge < -0.3 is 16.0 Å². The summed E-state index contributed by atoms with van der Waals surface area (Å²) in [5.41, 5.74) is 1.69. The van der Waals surface area contributed by atoms with E-state index >= 15 is 0 Å². The van der Waals surface area contributed by atoms with E-state index in [4.69, 9.17) is 0 Å². The molecule has 0 heterocycles. The molecule has 0 aromatic heterocycles. The van der Waals surface area contributed by atoms with Crippen molar-refractivity contribution in [2.45, 2.75) is 13.3 Å². The Balaban J connectivity index is 1.73. The molecule has 0 unspecified atom stereocenters. The average molecular weight is 356 g/mol. The first-order chi connectivity index (χ1) is 12.7. The molecule has 0 aliphatic heterocycles. The van der Waals surface area contributed by atoms with Crippen molar-refractivity contribution < 1.29 is 9.18 Å². The van der Waals surface area contributed by atoms with Crippen molar-refractivity contribution >= 4 is 11.9 Å². The molecule has 0 radical (unpaired) electrons. The molecule has 0 saturated carbocycles. The fraction of sp³-hybridized carbons (Fsp3) is 0.300.